The molecule has 1 aromatic carbocycles. The Kier molecular flexibility index (Phi) is 6.01. The number of carbonyl (C=O) groups is 1. The Balaban J connectivity index is 2.31. The monoisotopic (exact) mass is 353 g/mol. The van der Waals surface area contributed by atoms with Crippen LogP contribution < -0.4 is 15.4 Å². The van der Waals surface area contributed by atoms with Gasteiger partial charge in [-0.25, -0.2) is 13.1 Å². The zero-order valence-electron chi connectivity index (χ0n) is 14.6. The second kappa shape index (κ2) is 7.63. The number of benzene rings is 1. The summed E-state index contributed by atoms with van der Waals surface area (Å²) in [5, 5.41) is 0. The number of hydrogen-bond acceptors (Lipinski definition) is 4. The zero-order chi connectivity index (χ0) is 17.9. The number of sulfonamides is 1. The van der Waals surface area contributed by atoms with E-state index >= 15 is 0 Å². The summed E-state index contributed by atoms with van der Waals surface area (Å²) in [5.74, 6) is 0.274. The minimum absolute atomic E-state index is 0.0712. The molecular weight excluding hydrogens is 326 g/mol. The lowest BCUT2D eigenvalue weighted by Gasteiger charge is -2.29. The number of nitrogens with one attached hydrogen (secondary N) is 1. The highest BCUT2D eigenvalue weighted by molar-refractivity contribution is 7.89. The Labute approximate surface area is 144 Å². The number of nitrogens with zero attached hydrogens (tertiary/aromatic N) is 1. The van der Waals surface area contributed by atoms with E-state index in [0.717, 1.165) is 18.4 Å². The van der Waals surface area contributed by atoms with Gasteiger partial charge in [-0.2, -0.15) is 0 Å². The van der Waals surface area contributed by atoms with E-state index in [1.54, 1.807) is 23.1 Å². The fraction of sp³-hybridized carbons (Fsp3) is 0.588. The average molecular weight is 353 g/mol. The van der Waals surface area contributed by atoms with Gasteiger partial charge in [-0.15, -0.1) is 0 Å². The standard InChI is InChI=1S/C17H27N3O3S/c1-12(2)9-15(11-18)19-24(22,23)16-7-6-14-5-4-8-20(13(3)21)17(14)10-16/h6-7,10,12,15,19H,4-5,8-9,11,18H2,1-3H3. The lowest BCUT2D eigenvalue weighted by molar-refractivity contribution is -0.116. The van der Waals surface area contributed by atoms with E-state index < -0.39 is 10.0 Å². The van der Waals surface area contributed by atoms with Crippen molar-refractivity contribution in [3.05, 3.63) is 23.8 Å². The molecule has 0 radical (unpaired) electrons. The molecule has 1 aliphatic rings. The Bertz CT molecular complexity index is 701. The van der Waals surface area contributed by atoms with Crippen LogP contribution in [0.4, 0.5) is 5.69 Å². The number of anilines is 1. The van der Waals surface area contributed by atoms with Crippen LogP contribution in [0, 0.1) is 5.92 Å². The highest BCUT2D eigenvalue weighted by Gasteiger charge is 2.25. The van der Waals surface area contributed by atoms with Crippen molar-refractivity contribution in [2.75, 3.05) is 18.0 Å². The third-order valence-corrected chi connectivity index (χ3v) is 5.75. The summed E-state index contributed by atoms with van der Waals surface area (Å²) < 4.78 is 28.0. The van der Waals surface area contributed by atoms with Gasteiger partial charge >= 0.3 is 0 Å². The number of hydrogen-bond donors (Lipinski definition) is 2. The molecule has 0 aromatic heterocycles. The molecule has 1 aliphatic heterocycles. The van der Waals surface area contributed by atoms with Crippen LogP contribution in [0.2, 0.25) is 0 Å². The quantitative estimate of drug-likeness (QED) is 0.813. The van der Waals surface area contributed by atoms with Gasteiger partial charge in [-0.3, -0.25) is 4.79 Å². The first-order chi connectivity index (χ1) is 11.2. The molecule has 0 fully saturated rings. The highest BCUT2D eigenvalue weighted by atomic mass is 32.2. The van der Waals surface area contributed by atoms with Gasteiger partial charge < -0.3 is 10.6 Å². The van der Waals surface area contributed by atoms with Crippen molar-refractivity contribution in [1.29, 1.82) is 0 Å². The van der Waals surface area contributed by atoms with Gasteiger partial charge in [0.2, 0.25) is 15.9 Å². The molecular formula is C17H27N3O3S. The number of carbonyl (C=O) groups excluding carboxylic acids is 1. The molecule has 6 nitrogen and oxygen atoms in total. The summed E-state index contributed by atoms with van der Waals surface area (Å²) in [6, 6.07) is 4.71. The van der Waals surface area contributed by atoms with Gasteiger partial charge in [-0.1, -0.05) is 19.9 Å². The van der Waals surface area contributed by atoms with Crippen LogP contribution in [0.3, 0.4) is 0 Å². The normalized spacial score (nSPS) is 16.1. The summed E-state index contributed by atoms with van der Waals surface area (Å²) >= 11 is 0. The maximum atomic E-state index is 12.7. The minimum atomic E-state index is -3.67. The van der Waals surface area contributed by atoms with Gasteiger partial charge in [0.05, 0.1) is 4.90 Å². The first-order valence-electron chi connectivity index (χ1n) is 8.38. The maximum absolute atomic E-state index is 12.7. The molecule has 3 N–H and O–H groups in total. The van der Waals surface area contributed by atoms with Crippen LogP contribution in [-0.4, -0.2) is 33.5 Å². The summed E-state index contributed by atoms with van der Waals surface area (Å²) in [5.41, 5.74) is 7.41. The SMILES string of the molecule is CC(=O)N1CCCc2ccc(S(=O)(=O)NC(CN)CC(C)C)cc21. The second-order valence-corrected chi connectivity index (χ2v) is 8.46. The Morgan fingerprint density at radius 3 is 2.67 bits per heavy atom. The van der Waals surface area contributed by atoms with E-state index in [-0.39, 0.29) is 23.4 Å². The predicted octanol–water partition coefficient (Wildman–Crippen LogP) is 1.64. The van der Waals surface area contributed by atoms with E-state index in [2.05, 4.69) is 4.72 Å². The Hall–Kier alpha value is -1.44. The summed E-state index contributed by atoms with van der Waals surface area (Å²) in [6.07, 6.45) is 2.42. The molecule has 0 bridgehead atoms. The minimum Gasteiger partial charge on any atom is -0.329 e. The smallest absolute Gasteiger partial charge is 0.240 e. The third-order valence-electron chi connectivity index (χ3n) is 4.23. The maximum Gasteiger partial charge on any atom is 0.240 e. The van der Waals surface area contributed by atoms with Gasteiger partial charge in [0.15, 0.2) is 0 Å². The zero-order valence-corrected chi connectivity index (χ0v) is 15.4. The van der Waals surface area contributed by atoms with Gasteiger partial charge in [-0.05, 0) is 42.9 Å². The molecule has 1 atom stereocenters. The van der Waals surface area contributed by atoms with Crippen molar-refractivity contribution >= 4 is 21.6 Å². The van der Waals surface area contributed by atoms with E-state index in [9.17, 15) is 13.2 Å². The summed E-state index contributed by atoms with van der Waals surface area (Å²) in [4.78, 5) is 13.6. The lowest BCUT2D eigenvalue weighted by atomic mass is 10.0. The molecule has 1 amide bonds. The van der Waals surface area contributed by atoms with E-state index in [0.29, 0.717) is 24.6 Å². The molecule has 1 aromatic rings. The molecule has 7 heteroatoms. The number of rotatable bonds is 6. The third kappa shape index (κ3) is 4.34. The fourth-order valence-electron chi connectivity index (χ4n) is 3.10. The van der Waals surface area contributed by atoms with Crippen LogP contribution in [0.5, 0.6) is 0 Å². The first kappa shape index (κ1) is 18.9. The molecule has 0 saturated carbocycles. The molecule has 24 heavy (non-hydrogen) atoms. The van der Waals surface area contributed by atoms with Crippen LogP contribution in [0.15, 0.2) is 23.1 Å². The van der Waals surface area contributed by atoms with Crippen molar-refractivity contribution in [3.63, 3.8) is 0 Å². The Morgan fingerprint density at radius 1 is 1.38 bits per heavy atom. The van der Waals surface area contributed by atoms with Crippen LogP contribution >= 0.6 is 0 Å². The number of amides is 1. The van der Waals surface area contributed by atoms with Crippen LogP contribution in [0.25, 0.3) is 0 Å². The van der Waals surface area contributed by atoms with Crippen LogP contribution in [-0.2, 0) is 21.2 Å². The first-order valence-corrected chi connectivity index (χ1v) is 9.86. The largest absolute Gasteiger partial charge is 0.329 e. The van der Waals surface area contributed by atoms with Crippen molar-refractivity contribution in [3.8, 4) is 0 Å². The summed E-state index contributed by atoms with van der Waals surface area (Å²) in [7, 11) is -3.67. The van der Waals surface area contributed by atoms with E-state index in [4.69, 9.17) is 5.73 Å². The number of aryl methyl sites for hydroxylation is 1. The lowest BCUT2D eigenvalue weighted by Crippen LogP contribution is -2.41. The van der Waals surface area contributed by atoms with Crippen molar-refractivity contribution in [1.82, 2.24) is 4.72 Å². The van der Waals surface area contributed by atoms with Crippen LogP contribution in [0.1, 0.15) is 39.2 Å². The molecule has 0 saturated heterocycles. The summed E-state index contributed by atoms with van der Waals surface area (Å²) in [6.45, 7) is 6.43. The molecule has 0 spiro atoms. The second-order valence-electron chi connectivity index (χ2n) is 6.75. The number of nitrogens with two attached hydrogens (primary N) is 1. The average Bonchev–Trinajstić information content (AvgIpc) is 2.52. The molecule has 134 valence electrons. The fourth-order valence-corrected chi connectivity index (χ4v) is 4.38. The van der Waals surface area contributed by atoms with Crippen molar-refractivity contribution < 1.29 is 13.2 Å². The van der Waals surface area contributed by atoms with Gasteiger partial charge in [0.25, 0.3) is 0 Å². The number of fused-ring (bicyclic) bond motifs is 1. The van der Waals surface area contributed by atoms with Crippen molar-refractivity contribution in [2.24, 2.45) is 11.7 Å². The molecule has 2 rings (SSSR count). The molecule has 1 unspecified atom stereocenters. The molecule has 1 heterocycles. The van der Waals surface area contributed by atoms with E-state index in [1.165, 1.54) is 6.92 Å². The van der Waals surface area contributed by atoms with Gasteiger partial charge in [0, 0.05) is 31.7 Å². The Morgan fingerprint density at radius 2 is 2.08 bits per heavy atom. The molecule has 0 aliphatic carbocycles. The topological polar surface area (TPSA) is 92.5 Å². The predicted molar refractivity (Wildman–Crippen MR) is 95.4 cm³/mol. The highest BCUT2D eigenvalue weighted by Crippen LogP contribution is 2.30. The van der Waals surface area contributed by atoms with Gasteiger partial charge in [0.1, 0.15) is 0 Å². The van der Waals surface area contributed by atoms with Crippen molar-refractivity contribution in [2.45, 2.75) is 51.0 Å². The van der Waals surface area contributed by atoms with E-state index in [1.807, 2.05) is 13.8 Å².